The Balaban J connectivity index is 1.31. The molecule has 2 saturated heterocycles. The number of nitrogens with one attached hydrogen (secondary N) is 2. The molecule has 200 valence electrons. The molecule has 2 aromatic rings. The summed E-state index contributed by atoms with van der Waals surface area (Å²) in [4.78, 5) is 14.7. The molecule has 0 unspecified atom stereocenters. The third kappa shape index (κ3) is 6.66. The maximum absolute atomic E-state index is 6.19. The van der Waals surface area contributed by atoms with Crippen LogP contribution in [0.15, 0.2) is 30.3 Å². The second kappa shape index (κ2) is 12.2. The number of aromatic nitrogens is 2. The van der Waals surface area contributed by atoms with Crippen molar-refractivity contribution in [2.75, 3.05) is 47.8 Å². The molecule has 8 heteroatoms. The molecule has 0 bridgehead atoms. The van der Waals surface area contributed by atoms with Gasteiger partial charge in [-0.15, -0.1) is 0 Å². The van der Waals surface area contributed by atoms with Crippen LogP contribution in [0.2, 0.25) is 5.02 Å². The standard InChI is InChI=1S/C29H41ClN6S/c1-22-12-18-36(19-13-22)26-20-25(35-16-6-3-7-17-35)32-27(33-26)34-28(37)31-21-29(14-4-2-5-15-29)23-8-10-24(30)11-9-23/h8-11,20,22H,2-7,12-19,21H2,1H3,(H2,31,32,33,34,37). The Bertz CT molecular complexity index is 1040. The molecule has 0 atom stereocenters. The summed E-state index contributed by atoms with van der Waals surface area (Å²) in [6.45, 7) is 7.34. The van der Waals surface area contributed by atoms with Crippen molar-refractivity contribution in [3.8, 4) is 0 Å². The number of halogens is 1. The first kappa shape index (κ1) is 26.5. The van der Waals surface area contributed by atoms with E-state index in [4.69, 9.17) is 33.8 Å². The Hall–Kier alpha value is -2.12. The molecule has 1 aliphatic carbocycles. The molecule has 2 N–H and O–H groups in total. The van der Waals surface area contributed by atoms with E-state index in [-0.39, 0.29) is 5.41 Å². The van der Waals surface area contributed by atoms with E-state index in [0.717, 1.165) is 68.1 Å². The van der Waals surface area contributed by atoms with E-state index >= 15 is 0 Å². The number of nitrogens with zero attached hydrogens (tertiary/aromatic N) is 4. The predicted octanol–water partition coefficient (Wildman–Crippen LogP) is 6.55. The fourth-order valence-electron chi connectivity index (χ4n) is 6.16. The highest BCUT2D eigenvalue weighted by molar-refractivity contribution is 7.80. The number of thiocarbonyl (C=S) groups is 1. The molecular weight excluding hydrogens is 500 g/mol. The van der Waals surface area contributed by atoms with Gasteiger partial charge in [0.1, 0.15) is 11.6 Å². The second-order valence-corrected chi connectivity index (χ2v) is 12.1. The molecule has 3 aliphatic rings. The van der Waals surface area contributed by atoms with Gasteiger partial charge in [-0.25, -0.2) is 0 Å². The zero-order chi connectivity index (χ0) is 25.7. The summed E-state index contributed by atoms with van der Waals surface area (Å²) in [5, 5.41) is 8.26. The number of benzene rings is 1. The van der Waals surface area contributed by atoms with Gasteiger partial charge in [0.15, 0.2) is 5.11 Å². The van der Waals surface area contributed by atoms with Crippen LogP contribution in [0.25, 0.3) is 0 Å². The van der Waals surface area contributed by atoms with Crippen LogP contribution in [0, 0.1) is 5.92 Å². The minimum absolute atomic E-state index is 0.0702. The molecule has 6 nitrogen and oxygen atoms in total. The SMILES string of the molecule is CC1CCN(c2cc(N3CCCCC3)nc(NC(=S)NCC3(c4ccc(Cl)cc4)CCCCC3)n2)CC1. The van der Waals surface area contributed by atoms with Crippen molar-refractivity contribution in [1.82, 2.24) is 15.3 Å². The lowest BCUT2D eigenvalue weighted by Crippen LogP contribution is -2.43. The van der Waals surface area contributed by atoms with Crippen LogP contribution in [0.3, 0.4) is 0 Å². The highest BCUT2D eigenvalue weighted by atomic mass is 35.5. The molecular formula is C29H41ClN6S. The lowest BCUT2D eigenvalue weighted by atomic mass is 9.69. The molecule has 5 rings (SSSR count). The Morgan fingerprint density at radius 2 is 1.51 bits per heavy atom. The molecule has 2 aliphatic heterocycles. The van der Waals surface area contributed by atoms with Crippen LogP contribution in [-0.2, 0) is 5.41 Å². The first-order valence-electron chi connectivity index (χ1n) is 14.2. The highest BCUT2D eigenvalue weighted by Gasteiger charge is 2.34. The van der Waals surface area contributed by atoms with E-state index in [1.807, 2.05) is 12.1 Å². The van der Waals surface area contributed by atoms with Gasteiger partial charge in [0.05, 0.1) is 0 Å². The molecule has 1 saturated carbocycles. The van der Waals surface area contributed by atoms with Gasteiger partial charge < -0.3 is 20.4 Å². The van der Waals surface area contributed by atoms with Crippen molar-refractivity contribution >= 4 is 46.5 Å². The number of rotatable bonds is 6. The lowest BCUT2D eigenvalue weighted by molar-refractivity contribution is 0.292. The van der Waals surface area contributed by atoms with Crippen LogP contribution in [0.1, 0.15) is 76.7 Å². The molecule has 3 heterocycles. The highest BCUT2D eigenvalue weighted by Crippen LogP contribution is 2.39. The monoisotopic (exact) mass is 540 g/mol. The maximum atomic E-state index is 6.19. The van der Waals surface area contributed by atoms with Gasteiger partial charge >= 0.3 is 0 Å². The zero-order valence-electron chi connectivity index (χ0n) is 22.1. The minimum Gasteiger partial charge on any atom is -0.361 e. The summed E-state index contributed by atoms with van der Waals surface area (Å²) in [6, 6.07) is 10.6. The third-order valence-corrected chi connectivity index (χ3v) is 9.07. The number of hydrogen-bond acceptors (Lipinski definition) is 5. The van der Waals surface area contributed by atoms with Gasteiger partial charge in [0, 0.05) is 49.2 Å². The smallest absolute Gasteiger partial charge is 0.232 e. The quantitative estimate of drug-likeness (QED) is 0.403. The topological polar surface area (TPSA) is 56.3 Å². The average Bonchev–Trinajstić information content (AvgIpc) is 2.93. The molecule has 3 fully saturated rings. The van der Waals surface area contributed by atoms with Crippen LogP contribution in [-0.4, -0.2) is 47.8 Å². The van der Waals surface area contributed by atoms with Gasteiger partial charge in [0.25, 0.3) is 0 Å². The van der Waals surface area contributed by atoms with Crippen molar-refractivity contribution in [2.45, 2.75) is 76.5 Å². The lowest BCUT2D eigenvalue weighted by Gasteiger charge is -2.38. The molecule has 37 heavy (non-hydrogen) atoms. The fourth-order valence-corrected chi connectivity index (χ4v) is 6.45. The van der Waals surface area contributed by atoms with Crippen LogP contribution in [0.5, 0.6) is 0 Å². The first-order chi connectivity index (χ1) is 18.0. The molecule has 1 aromatic heterocycles. The Labute approximate surface area is 232 Å². The molecule has 1 aromatic carbocycles. The van der Waals surface area contributed by atoms with Crippen molar-refractivity contribution < 1.29 is 0 Å². The zero-order valence-corrected chi connectivity index (χ0v) is 23.7. The van der Waals surface area contributed by atoms with Crippen molar-refractivity contribution in [2.24, 2.45) is 5.92 Å². The summed E-state index contributed by atoms with van der Waals surface area (Å²) in [7, 11) is 0. The van der Waals surface area contributed by atoms with Crippen LogP contribution in [0.4, 0.5) is 17.6 Å². The summed E-state index contributed by atoms with van der Waals surface area (Å²) in [6.07, 6.45) is 12.2. The average molecular weight is 541 g/mol. The molecule has 0 spiro atoms. The predicted molar refractivity (Wildman–Crippen MR) is 159 cm³/mol. The minimum atomic E-state index is 0.0702. The summed E-state index contributed by atoms with van der Waals surface area (Å²) in [5.41, 5.74) is 1.41. The Morgan fingerprint density at radius 1 is 0.919 bits per heavy atom. The fraction of sp³-hybridized carbons (Fsp3) is 0.621. The summed E-state index contributed by atoms with van der Waals surface area (Å²) in [5.74, 6) is 3.40. The number of anilines is 3. The van der Waals surface area contributed by atoms with E-state index < -0.39 is 0 Å². The van der Waals surface area contributed by atoms with E-state index in [1.165, 1.54) is 56.9 Å². The van der Waals surface area contributed by atoms with Gasteiger partial charge in [-0.1, -0.05) is 49.9 Å². The number of piperidine rings is 2. The van der Waals surface area contributed by atoms with Crippen LogP contribution < -0.4 is 20.4 Å². The Morgan fingerprint density at radius 3 is 2.16 bits per heavy atom. The van der Waals surface area contributed by atoms with Gasteiger partial charge in [-0.2, -0.15) is 9.97 Å². The van der Waals surface area contributed by atoms with E-state index in [9.17, 15) is 0 Å². The molecule has 0 radical (unpaired) electrons. The van der Waals surface area contributed by atoms with Gasteiger partial charge in [-0.3, -0.25) is 0 Å². The Kier molecular flexibility index (Phi) is 8.71. The van der Waals surface area contributed by atoms with E-state index in [0.29, 0.717) is 11.1 Å². The summed E-state index contributed by atoms with van der Waals surface area (Å²) >= 11 is 12.0. The van der Waals surface area contributed by atoms with Crippen molar-refractivity contribution in [3.05, 3.63) is 40.9 Å². The van der Waals surface area contributed by atoms with Gasteiger partial charge in [-0.05, 0) is 80.8 Å². The number of hydrogen-bond donors (Lipinski definition) is 2. The van der Waals surface area contributed by atoms with Gasteiger partial charge in [0.2, 0.25) is 5.95 Å². The van der Waals surface area contributed by atoms with E-state index in [2.05, 4.69) is 45.6 Å². The molecule has 0 amide bonds. The first-order valence-corrected chi connectivity index (χ1v) is 15.0. The normalized spacial score (nSPS) is 20.5. The largest absolute Gasteiger partial charge is 0.361 e. The van der Waals surface area contributed by atoms with E-state index in [1.54, 1.807) is 0 Å². The summed E-state index contributed by atoms with van der Waals surface area (Å²) < 4.78 is 0. The second-order valence-electron chi connectivity index (χ2n) is 11.3. The van der Waals surface area contributed by atoms with Crippen LogP contribution >= 0.6 is 23.8 Å². The maximum Gasteiger partial charge on any atom is 0.232 e. The third-order valence-electron chi connectivity index (χ3n) is 8.57. The van der Waals surface area contributed by atoms with Crippen molar-refractivity contribution in [3.63, 3.8) is 0 Å². The van der Waals surface area contributed by atoms with Crippen molar-refractivity contribution in [1.29, 1.82) is 0 Å².